The summed E-state index contributed by atoms with van der Waals surface area (Å²) in [6.45, 7) is 9.02. The molecule has 0 saturated carbocycles. The predicted molar refractivity (Wildman–Crippen MR) is 84.7 cm³/mol. The lowest BCUT2D eigenvalue weighted by Gasteiger charge is -2.30. The van der Waals surface area contributed by atoms with Crippen LogP contribution in [-0.2, 0) is 10.0 Å². The third-order valence-corrected chi connectivity index (χ3v) is 5.75. The number of nitrogen functional groups attached to an aromatic ring is 1. The number of sulfonamides is 1. The molecule has 0 aromatic carbocycles. The molecule has 8 heteroatoms. The van der Waals surface area contributed by atoms with Crippen molar-refractivity contribution in [2.45, 2.75) is 38.6 Å². The van der Waals surface area contributed by atoms with Crippen molar-refractivity contribution in [3.05, 3.63) is 0 Å². The third kappa shape index (κ3) is 3.42. The van der Waals surface area contributed by atoms with E-state index < -0.39 is 10.0 Å². The molecule has 0 atom stereocenters. The van der Waals surface area contributed by atoms with Crippen LogP contribution in [0, 0.1) is 5.92 Å². The zero-order valence-electron chi connectivity index (χ0n) is 12.9. The molecule has 0 aliphatic heterocycles. The van der Waals surface area contributed by atoms with Crippen LogP contribution in [0.1, 0.15) is 27.7 Å². The largest absolute Gasteiger partial charge is 0.382 e. The Morgan fingerprint density at radius 3 is 2.20 bits per heavy atom. The molecule has 0 saturated heterocycles. The Morgan fingerprint density at radius 2 is 1.80 bits per heavy atom. The zero-order chi connectivity index (χ0) is 15.7. The summed E-state index contributed by atoms with van der Waals surface area (Å²) < 4.78 is 30.1. The fourth-order valence-electron chi connectivity index (χ4n) is 1.81. The monoisotopic (exact) mass is 320 g/mol. The fraction of sp³-hybridized carbons (Fsp3) is 0.750. The summed E-state index contributed by atoms with van der Waals surface area (Å²) in [6.07, 6.45) is 0. The van der Waals surface area contributed by atoms with Gasteiger partial charge in [-0.3, -0.25) is 0 Å². The van der Waals surface area contributed by atoms with Crippen LogP contribution in [0.5, 0.6) is 0 Å². The highest BCUT2D eigenvalue weighted by atomic mass is 32.2. The number of hydrogen-bond acceptors (Lipinski definition) is 6. The minimum Gasteiger partial charge on any atom is -0.382 e. The van der Waals surface area contributed by atoms with E-state index >= 15 is 0 Å². The van der Waals surface area contributed by atoms with Gasteiger partial charge in [-0.05, 0) is 31.3 Å². The molecule has 0 aliphatic carbocycles. The standard InChI is InChI=1S/C12H24N4O2S2/c1-8(2)7-16(9(3)4)12-10(11(13)14-19-12)20(17,18)15(5)6/h8-9H,7H2,1-6H3,(H2,13,14). The summed E-state index contributed by atoms with van der Waals surface area (Å²) in [4.78, 5) is 2.18. The van der Waals surface area contributed by atoms with Gasteiger partial charge in [0.1, 0.15) is 5.00 Å². The molecule has 0 radical (unpaired) electrons. The van der Waals surface area contributed by atoms with E-state index in [1.807, 2.05) is 13.8 Å². The molecule has 0 bridgehead atoms. The van der Waals surface area contributed by atoms with Gasteiger partial charge in [0.2, 0.25) is 10.0 Å². The summed E-state index contributed by atoms with van der Waals surface area (Å²) in [5.41, 5.74) is 5.80. The van der Waals surface area contributed by atoms with Crippen molar-refractivity contribution in [1.82, 2.24) is 8.68 Å². The second kappa shape index (κ2) is 6.28. The minimum atomic E-state index is -3.59. The van der Waals surface area contributed by atoms with Gasteiger partial charge < -0.3 is 10.6 Å². The van der Waals surface area contributed by atoms with Crippen molar-refractivity contribution in [2.24, 2.45) is 5.92 Å². The Balaban J connectivity index is 3.39. The molecule has 0 fully saturated rings. The number of nitrogens with zero attached hydrogens (tertiary/aromatic N) is 3. The van der Waals surface area contributed by atoms with Crippen LogP contribution in [0.4, 0.5) is 10.8 Å². The van der Waals surface area contributed by atoms with E-state index in [0.717, 1.165) is 18.1 Å². The summed E-state index contributed by atoms with van der Waals surface area (Å²) in [6, 6.07) is 0.174. The third-order valence-electron chi connectivity index (χ3n) is 2.84. The normalized spacial score (nSPS) is 12.7. The van der Waals surface area contributed by atoms with Crippen molar-refractivity contribution in [3.63, 3.8) is 0 Å². The summed E-state index contributed by atoms with van der Waals surface area (Å²) in [5.74, 6) is 0.490. The van der Waals surface area contributed by atoms with E-state index in [1.54, 1.807) is 0 Å². The molecule has 0 amide bonds. The molecule has 20 heavy (non-hydrogen) atoms. The Morgan fingerprint density at radius 1 is 1.25 bits per heavy atom. The predicted octanol–water partition coefficient (Wildman–Crippen LogP) is 1.85. The van der Waals surface area contributed by atoms with E-state index in [0.29, 0.717) is 10.9 Å². The lowest BCUT2D eigenvalue weighted by Crippen LogP contribution is -2.35. The maximum absolute atomic E-state index is 12.4. The number of aromatic nitrogens is 1. The van der Waals surface area contributed by atoms with Gasteiger partial charge in [0.15, 0.2) is 10.7 Å². The number of rotatable bonds is 6. The average molecular weight is 320 g/mol. The highest BCUT2D eigenvalue weighted by molar-refractivity contribution is 7.89. The van der Waals surface area contributed by atoms with Gasteiger partial charge in [-0.15, -0.1) is 0 Å². The smallest absolute Gasteiger partial charge is 0.249 e. The van der Waals surface area contributed by atoms with Gasteiger partial charge in [-0.25, -0.2) is 12.7 Å². The quantitative estimate of drug-likeness (QED) is 0.865. The lowest BCUT2D eigenvalue weighted by molar-refractivity contribution is 0.519. The summed E-state index contributed by atoms with van der Waals surface area (Å²) in [7, 11) is -0.598. The highest BCUT2D eigenvalue weighted by Crippen LogP contribution is 2.37. The van der Waals surface area contributed by atoms with Crippen LogP contribution in [-0.4, -0.2) is 43.8 Å². The molecule has 1 aromatic heterocycles. The summed E-state index contributed by atoms with van der Waals surface area (Å²) in [5, 5.41) is 0.625. The van der Waals surface area contributed by atoms with Crippen LogP contribution in [0.2, 0.25) is 0 Å². The maximum atomic E-state index is 12.4. The first-order chi connectivity index (χ1) is 9.09. The topological polar surface area (TPSA) is 79.5 Å². The molecule has 2 N–H and O–H groups in total. The first-order valence-corrected chi connectivity index (χ1v) is 8.74. The molecule has 0 spiro atoms. The van der Waals surface area contributed by atoms with E-state index in [4.69, 9.17) is 5.73 Å². The molecule has 1 aromatic rings. The van der Waals surface area contributed by atoms with Crippen molar-refractivity contribution in [3.8, 4) is 0 Å². The molecule has 0 unspecified atom stereocenters. The Hall–Kier alpha value is -0.860. The van der Waals surface area contributed by atoms with E-state index in [2.05, 4.69) is 23.1 Å². The van der Waals surface area contributed by atoms with Crippen LogP contribution >= 0.6 is 11.5 Å². The van der Waals surface area contributed by atoms with Crippen LogP contribution in [0.25, 0.3) is 0 Å². The fourth-order valence-corrected chi connectivity index (χ4v) is 4.17. The van der Waals surface area contributed by atoms with Crippen LogP contribution < -0.4 is 10.6 Å². The molecule has 1 rings (SSSR count). The number of hydrogen-bond donors (Lipinski definition) is 1. The van der Waals surface area contributed by atoms with Crippen LogP contribution in [0.15, 0.2) is 4.90 Å². The van der Waals surface area contributed by atoms with Gasteiger partial charge in [0.25, 0.3) is 0 Å². The van der Waals surface area contributed by atoms with Crippen molar-refractivity contribution in [2.75, 3.05) is 31.3 Å². The second-order valence-corrected chi connectivity index (χ2v) is 8.47. The molecule has 116 valence electrons. The number of nitrogens with two attached hydrogens (primary N) is 1. The minimum absolute atomic E-state index is 0.0770. The SMILES string of the molecule is CC(C)CN(c1snc(N)c1S(=O)(=O)N(C)C)C(C)C. The molecular weight excluding hydrogens is 296 g/mol. The zero-order valence-corrected chi connectivity index (χ0v) is 14.5. The van der Waals surface area contributed by atoms with Crippen molar-refractivity contribution < 1.29 is 8.42 Å². The first kappa shape index (κ1) is 17.2. The van der Waals surface area contributed by atoms with E-state index in [-0.39, 0.29) is 16.8 Å². The average Bonchev–Trinajstić information content (AvgIpc) is 2.67. The van der Waals surface area contributed by atoms with Gasteiger partial charge in [0.05, 0.1) is 0 Å². The van der Waals surface area contributed by atoms with E-state index in [1.165, 1.54) is 18.4 Å². The number of anilines is 2. The van der Waals surface area contributed by atoms with Crippen LogP contribution in [0.3, 0.4) is 0 Å². The lowest BCUT2D eigenvalue weighted by atomic mass is 10.2. The summed E-state index contributed by atoms with van der Waals surface area (Å²) >= 11 is 1.14. The highest BCUT2D eigenvalue weighted by Gasteiger charge is 2.31. The molecular formula is C12H24N4O2S2. The second-order valence-electron chi connectivity index (χ2n) is 5.63. The van der Waals surface area contributed by atoms with Gasteiger partial charge in [0, 0.05) is 26.7 Å². The molecule has 1 heterocycles. The van der Waals surface area contributed by atoms with Crippen molar-refractivity contribution in [1.29, 1.82) is 0 Å². The van der Waals surface area contributed by atoms with E-state index in [9.17, 15) is 8.42 Å². The van der Waals surface area contributed by atoms with Gasteiger partial charge >= 0.3 is 0 Å². The van der Waals surface area contributed by atoms with Gasteiger partial charge in [-0.1, -0.05) is 13.8 Å². The Labute approximate surface area is 125 Å². The molecule has 0 aliphatic rings. The first-order valence-electron chi connectivity index (χ1n) is 6.53. The Bertz CT molecular complexity index is 550. The Kier molecular flexibility index (Phi) is 5.39. The molecule has 6 nitrogen and oxygen atoms in total. The maximum Gasteiger partial charge on any atom is 0.249 e. The van der Waals surface area contributed by atoms with Crippen molar-refractivity contribution >= 4 is 32.4 Å². The van der Waals surface area contributed by atoms with Gasteiger partial charge in [-0.2, -0.15) is 4.37 Å².